The zero-order valence-electron chi connectivity index (χ0n) is 12.8. The van der Waals surface area contributed by atoms with Gasteiger partial charge < -0.3 is 20.3 Å². The molecule has 0 unspecified atom stereocenters. The zero-order valence-corrected chi connectivity index (χ0v) is 12.8. The summed E-state index contributed by atoms with van der Waals surface area (Å²) in [6, 6.07) is 5.91. The van der Waals surface area contributed by atoms with Gasteiger partial charge in [-0.25, -0.2) is 0 Å². The second kappa shape index (κ2) is 7.24. The van der Waals surface area contributed by atoms with E-state index in [4.69, 9.17) is 10.5 Å². The molecule has 1 aromatic carbocycles. The Morgan fingerprint density at radius 3 is 2.37 bits per heavy atom. The molecule has 108 valence electrons. The number of nitrogens with zero attached hydrogens (tertiary/aromatic N) is 2. The summed E-state index contributed by atoms with van der Waals surface area (Å²) in [5.74, 6) is 1.42. The Hall–Kier alpha value is -1.42. The van der Waals surface area contributed by atoms with Gasteiger partial charge in [0.1, 0.15) is 5.75 Å². The van der Waals surface area contributed by atoms with Crippen molar-refractivity contribution in [2.75, 3.05) is 51.5 Å². The Morgan fingerprint density at radius 1 is 1.16 bits per heavy atom. The predicted octanol–water partition coefficient (Wildman–Crippen LogP) is 2.30. The summed E-state index contributed by atoms with van der Waals surface area (Å²) in [6.45, 7) is 7.47. The van der Waals surface area contributed by atoms with Gasteiger partial charge in [-0.2, -0.15) is 0 Å². The maximum absolute atomic E-state index is 5.94. The molecule has 0 radical (unpaired) electrons. The third-order valence-corrected chi connectivity index (χ3v) is 2.92. The van der Waals surface area contributed by atoms with Crippen molar-refractivity contribution in [3.8, 4) is 5.75 Å². The third-order valence-electron chi connectivity index (χ3n) is 2.92. The molecule has 2 N–H and O–H groups in total. The van der Waals surface area contributed by atoms with Gasteiger partial charge in [0.05, 0.1) is 7.11 Å². The summed E-state index contributed by atoms with van der Waals surface area (Å²) >= 11 is 0. The van der Waals surface area contributed by atoms with Gasteiger partial charge in [-0.05, 0) is 26.1 Å². The van der Waals surface area contributed by atoms with Crippen LogP contribution >= 0.6 is 0 Å². The topological polar surface area (TPSA) is 41.7 Å². The van der Waals surface area contributed by atoms with Crippen molar-refractivity contribution >= 4 is 11.4 Å². The molecule has 19 heavy (non-hydrogen) atoms. The minimum absolute atomic E-state index is 0.606. The van der Waals surface area contributed by atoms with Crippen LogP contribution in [-0.2, 0) is 0 Å². The Kier molecular flexibility index (Phi) is 5.96. The lowest BCUT2D eigenvalue weighted by atomic mass is 10.1. The normalized spacial score (nSPS) is 11.1. The fourth-order valence-corrected chi connectivity index (χ4v) is 1.99. The molecule has 0 saturated heterocycles. The lowest BCUT2D eigenvalue weighted by molar-refractivity contribution is 0.407. The van der Waals surface area contributed by atoms with E-state index in [1.807, 2.05) is 12.1 Å². The molecule has 0 spiro atoms. The number of nitrogens with two attached hydrogens (primary N) is 1. The minimum Gasteiger partial charge on any atom is -0.497 e. The Morgan fingerprint density at radius 2 is 1.84 bits per heavy atom. The Balaban J connectivity index is 2.91. The number of anilines is 2. The summed E-state index contributed by atoms with van der Waals surface area (Å²) in [5.41, 5.74) is 7.82. The lowest BCUT2D eigenvalue weighted by Crippen LogP contribution is -2.34. The number of ether oxygens (including phenoxy) is 1. The summed E-state index contributed by atoms with van der Waals surface area (Å²) in [7, 11) is 5.85. The standard InChI is InChI=1S/C15H27N3O/c1-12(2)11-18(7-6-17(3)4)14-8-13(16)9-15(10-14)19-5/h8-10,12H,6-7,11,16H2,1-5H3. The Bertz CT molecular complexity index is 391. The van der Waals surface area contributed by atoms with Crippen LogP contribution in [0.2, 0.25) is 0 Å². The zero-order chi connectivity index (χ0) is 14.4. The second-order valence-corrected chi connectivity index (χ2v) is 5.61. The van der Waals surface area contributed by atoms with E-state index in [9.17, 15) is 0 Å². The van der Waals surface area contributed by atoms with Crippen LogP contribution in [0.25, 0.3) is 0 Å². The highest BCUT2D eigenvalue weighted by Crippen LogP contribution is 2.26. The van der Waals surface area contributed by atoms with Gasteiger partial charge in [0.25, 0.3) is 0 Å². The number of likely N-dealkylation sites (N-methyl/N-ethyl adjacent to an activating group) is 1. The molecule has 0 amide bonds. The molecule has 0 aliphatic carbocycles. The molecule has 0 saturated carbocycles. The fourth-order valence-electron chi connectivity index (χ4n) is 1.99. The SMILES string of the molecule is COc1cc(N)cc(N(CCN(C)C)CC(C)C)c1. The van der Waals surface area contributed by atoms with Crippen molar-refractivity contribution in [1.82, 2.24) is 4.90 Å². The van der Waals surface area contributed by atoms with Crippen molar-refractivity contribution in [1.29, 1.82) is 0 Å². The monoisotopic (exact) mass is 265 g/mol. The van der Waals surface area contributed by atoms with E-state index in [2.05, 4.69) is 43.8 Å². The molecule has 4 heteroatoms. The van der Waals surface area contributed by atoms with E-state index in [1.54, 1.807) is 7.11 Å². The molecule has 0 fully saturated rings. The molecule has 0 heterocycles. The second-order valence-electron chi connectivity index (χ2n) is 5.61. The molecule has 0 atom stereocenters. The average molecular weight is 265 g/mol. The van der Waals surface area contributed by atoms with Crippen LogP contribution in [-0.4, -0.2) is 45.7 Å². The van der Waals surface area contributed by atoms with Gasteiger partial charge >= 0.3 is 0 Å². The highest BCUT2D eigenvalue weighted by atomic mass is 16.5. The quantitative estimate of drug-likeness (QED) is 0.768. The van der Waals surface area contributed by atoms with E-state index >= 15 is 0 Å². The smallest absolute Gasteiger partial charge is 0.122 e. The van der Waals surface area contributed by atoms with Gasteiger partial charge in [-0.3, -0.25) is 0 Å². The number of benzene rings is 1. The van der Waals surface area contributed by atoms with E-state index < -0.39 is 0 Å². The van der Waals surface area contributed by atoms with Gasteiger partial charge in [0, 0.05) is 43.1 Å². The van der Waals surface area contributed by atoms with Crippen molar-refractivity contribution in [2.24, 2.45) is 5.92 Å². The number of hydrogen-bond donors (Lipinski definition) is 1. The number of hydrogen-bond acceptors (Lipinski definition) is 4. The van der Waals surface area contributed by atoms with Crippen molar-refractivity contribution in [3.05, 3.63) is 18.2 Å². The van der Waals surface area contributed by atoms with Gasteiger partial charge in [-0.15, -0.1) is 0 Å². The van der Waals surface area contributed by atoms with Crippen molar-refractivity contribution < 1.29 is 4.74 Å². The molecule has 0 aliphatic heterocycles. The minimum atomic E-state index is 0.606. The first-order chi connectivity index (χ1) is 8.92. The van der Waals surface area contributed by atoms with E-state index in [0.29, 0.717) is 5.92 Å². The highest BCUT2D eigenvalue weighted by Gasteiger charge is 2.11. The van der Waals surface area contributed by atoms with Crippen LogP contribution < -0.4 is 15.4 Å². The summed E-state index contributed by atoms with van der Waals surface area (Å²) < 4.78 is 5.30. The molecular formula is C15H27N3O. The molecule has 0 aliphatic rings. The lowest BCUT2D eigenvalue weighted by Gasteiger charge is -2.28. The first kappa shape index (κ1) is 15.6. The molecule has 1 aromatic rings. The maximum atomic E-state index is 5.94. The van der Waals surface area contributed by atoms with Crippen molar-refractivity contribution in [3.63, 3.8) is 0 Å². The van der Waals surface area contributed by atoms with E-state index in [1.165, 1.54) is 0 Å². The number of rotatable bonds is 7. The van der Waals surface area contributed by atoms with Gasteiger partial charge in [0.15, 0.2) is 0 Å². The van der Waals surface area contributed by atoms with Crippen LogP contribution in [0.15, 0.2) is 18.2 Å². The fraction of sp³-hybridized carbons (Fsp3) is 0.600. The highest BCUT2D eigenvalue weighted by molar-refractivity contribution is 5.60. The molecular weight excluding hydrogens is 238 g/mol. The van der Waals surface area contributed by atoms with Crippen LogP contribution in [0.1, 0.15) is 13.8 Å². The Labute approximate surface area is 117 Å². The first-order valence-corrected chi connectivity index (χ1v) is 6.76. The molecule has 0 aromatic heterocycles. The summed E-state index contributed by atoms with van der Waals surface area (Å²) in [6.07, 6.45) is 0. The predicted molar refractivity (Wildman–Crippen MR) is 83.0 cm³/mol. The molecule has 1 rings (SSSR count). The van der Waals surface area contributed by atoms with Gasteiger partial charge in [-0.1, -0.05) is 13.8 Å². The summed E-state index contributed by atoms with van der Waals surface area (Å²) in [4.78, 5) is 4.56. The van der Waals surface area contributed by atoms with Crippen LogP contribution in [0.4, 0.5) is 11.4 Å². The van der Waals surface area contributed by atoms with Crippen molar-refractivity contribution in [2.45, 2.75) is 13.8 Å². The maximum Gasteiger partial charge on any atom is 0.122 e. The van der Waals surface area contributed by atoms with E-state index in [0.717, 1.165) is 36.8 Å². The third kappa shape index (κ3) is 5.39. The van der Waals surface area contributed by atoms with Crippen LogP contribution in [0.5, 0.6) is 5.75 Å². The number of nitrogen functional groups attached to an aromatic ring is 1. The largest absolute Gasteiger partial charge is 0.497 e. The van der Waals surface area contributed by atoms with Crippen LogP contribution in [0.3, 0.4) is 0 Å². The number of methoxy groups -OCH3 is 1. The van der Waals surface area contributed by atoms with E-state index in [-0.39, 0.29) is 0 Å². The molecule has 0 bridgehead atoms. The molecule has 4 nitrogen and oxygen atoms in total. The van der Waals surface area contributed by atoms with Crippen LogP contribution in [0, 0.1) is 5.92 Å². The first-order valence-electron chi connectivity index (χ1n) is 6.76. The van der Waals surface area contributed by atoms with Gasteiger partial charge in [0.2, 0.25) is 0 Å². The summed E-state index contributed by atoms with van der Waals surface area (Å²) in [5, 5.41) is 0. The average Bonchev–Trinajstić information content (AvgIpc) is 2.32.